The summed E-state index contributed by atoms with van der Waals surface area (Å²) in [6, 6.07) is 0. The van der Waals surface area contributed by atoms with Gasteiger partial charge in [0.05, 0.1) is 24.9 Å². The van der Waals surface area contributed by atoms with Crippen LogP contribution in [0.1, 0.15) is 20.3 Å². The minimum absolute atomic E-state index is 0.214. The van der Waals surface area contributed by atoms with E-state index in [1.54, 1.807) is 13.8 Å². The first kappa shape index (κ1) is 12.0. The van der Waals surface area contributed by atoms with Crippen molar-refractivity contribution in [2.24, 2.45) is 5.92 Å². The molecule has 3 aliphatic rings. The van der Waals surface area contributed by atoms with Gasteiger partial charge in [0.25, 0.3) is 5.79 Å². The summed E-state index contributed by atoms with van der Waals surface area (Å²) in [6.45, 7) is 4.07. The van der Waals surface area contributed by atoms with Crippen LogP contribution in [0, 0.1) is 5.92 Å². The number of allylic oxidation sites excluding steroid dienone is 1. The number of hydrogen-bond acceptors (Lipinski definition) is 6. The summed E-state index contributed by atoms with van der Waals surface area (Å²) in [5.74, 6) is -1.73. The van der Waals surface area contributed by atoms with Gasteiger partial charge in [-0.3, -0.25) is 0 Å². The first-order valence-electron chi connectivity index (χ1n) is 6.11. The van der Waals surface area contributed by atoms with Gasteiger partial charge in [0, 0.05) is 12.3 Å². The number of hydrogen-bond donors (Lipinski definition) is 1. The smallest absolute Gasteiger partial charge is 0.337 e. The van der Waals surface area contributed by atoms with Gasteiger partial charge in [-0.2, -0.15) is 0 Å². The highest BCUT2D eigenvalue weighted by Gasteiger charge is 2.59. The molecule has 18 heavy (non-hydrogen) atoms. The Morgan fingerprint density at radius 2 is 2.39 bits per heavy atom. The second-order valence-electron chi connectivity index (χ2n) is 4.79. The monoisotopic (exact) mass is 256 g/mol. The summed E-state index contributed by atoms with van der Waals surface area (Å²) >= 11 is 0. The van der Waals surface area contributed by atoms with E-state index in [0.717, 1.165) is 0 Å². The van der Waals surface area contributed by atoms with Crippen LogP contribution >= 0.6 is 0 Å². The maximum absolute atomic E-state index is 11.9. The minimum Gasteiger partial charge on any atom is -0.463 e. The minimum atomic E-state index is -1.49. The van der Waals surface area contributed by atoms with Gasteiger partial charge in [0.1, 0.15) is 5.76 Å². The number of carbonyl (C=O) groups is 1. The SMILES string of the molecule is CCOC(=O)C1=C(C)O[C@]2(O)C[C@H]1[C@H]1CO[C@@H]2O1. The van der Waals surface area contributed by atoms with Crippen LogP contribution in [0.25, 0.3) is 0 Å². The van der Waals surface area contributed by atoms with Crippen LogP contribution in [0.15, 0.2) is 11.3 Å². The zero-order chi connectivity index (χ0) is 12.9. The van der Waals surface area contributed by atoms with Crippen LogP contribution < -0.4 is 0 Å². The number of esters is 1. The normalized spacial score (nSPS) is 41.6. The Labute approximate surface area is 104 Å². The Morgan fingerprint density at radius 3 is 3.11 bits per heavy atom. The van der Waals surface area contributed by atoms with Gasteiger partial charge in [-0.1, -0.05) is 0 Å². The molecule has 100 valence electrons. The summed E-state index contributed by atoms with van der Waals surface area (Å²) < 4.78 is 21.4. The van der Waals surface area contributed by atoms with Crippen LogP contribution in [-0.4, -0.2) is 42.5 Å². The highest BCUT2D eigenvalue weighted by Crippen LogP contribution is 2.47. The standard InChI is InChI=1S/C12H16O6/c1-3-15-10(13)9-6(2)18-12(14)4-7(9)8-5-16-11(12)17-8/h7-8,11,14H,3-5H2,1-2H3/t7-,8+,11+,12+/m0/s1. The fraction of sp³-hybridized carbons (Fsp3) is 0.750. The summed E-state index contributed by atoms with van der Waals surface area (Å²) in [6.07, 6.45) is -0.681. The predicted molar refractivity (Wildman–Crippen MR) is 58.1 cm³/mol. The quantitative estimate of drug-likeness (QED) is 0.716. The largest absolute Gasteiger partial charge is 0.463 e. The molecular weight excluding hydrogens is 240 g/mol. The zero-order valence-corrected chi connectivity index (χ0v) is 10.3. The van der Waals surface area contributed by atoms with Gasteiger partial charge >= 0.3 is 5.97 Å². The highest BCUT2D eigenvalue weighted by molar-refractivity contribution is 5.90. The molecule has 0 radical (unpaired) electrons. The van der Waals surface area contributed by atoms with Crippen LogP contribution in [0.4, 0.5) is 0 Å². The Hall–Kier alpha value is -1.11. The number of ether oxygens (including phenoxy) is 4. The lowest BCUT2D eigenvalue weighted by molar-refractivity contribution is -0.329. The maximum Gasteiger partial charge on any atom is 0.337 e. The Morgan fingerprint density at radius 1 is 1.61 bits per heavy atom. The molecule has 2 fully saturated rings. The molecule has 0 aromatic rings. The molecule has 2 saturated heterocycles. The number of rotatable bonds is 2. The first-order valence-corrected chi connectivity index (χ1v) is 6.11. The average molecular weight is 256 g/mol. The molecule has 0 amide bonds. The molecule has 0 aliphatic carbocycles. The third kappa shape index (κ3) is 1.56. The Kier molecular flexibility index (Phi) is 2.62. The van der Waals surface area contributed by atoms with Crippen molar-refractivity contribution in [3.8, 4) is 0 Å². The van der Waals surface area contributed by atoms with Crippen LogP contribution in [0.3, 0.4) is 0 Å². The maximum atomic E-state index is 11.9. The highest BCUT2D eigenvalue weighted by atomic mass is 16.8. The van der Waals surface area contributed by atoms with E-state index < -0.39 is 18.0 Å². The van der Waals surface area contributed by atoms with Gasteiger partial charge in [-0.05, 0) is 13.8 Å². The fourth-order valence-electron chi connectivity index (χ4n) is 2.87. The van der Waals surface area contributed by atoms with Crippen LogP contribution in [-0.2, 0) is 23.7 Å². The molecule has 3 heterocycles. The third-order valence-electron chi connectivity index (χ3n) is 3.61. The van der Waals surface area contributed by atoms with E-state index in [0.29, 0.717) is 31.0 Å². The van der Waals surface area contributed by atoms with E-state index in [2.05, 4.69) is 0 Å². The second kappa shape index (κ2) is 3.94. The van der Waals surface area contributed by atoms with Gasteiger partial charge < -0.3 is 24.1 Å². The van der Waals surface area contributed by atoms with Gasteiger partial charge in [0.15, 0.2) is 0 Å². The van der Waals surface area contributed by atoms with E-state index in [9.17, 15) is 9.90 Å². The fourth-order valence-corrected chi connectivity index (χ4v) is 2.87. The van der Waals surface area contributed by atoms with Gasteiger partial charge in [-0.15, -0.1) is 0 Å². The molecule has 0 aromatic carbocycles. The van der Waals surface area contributed by atoms with E-state index in [-0.39, 0.29) is 12.0 Å². The predicted octanol–water partition coefficient (Wildman–Crippen LogP) is 0.304. The number of carbonyl (C=O) groups excluding carboxylic acids is 1. The van der Waals surface area contributed by atoms with Crippen molar-refractivity contribution in [1.29, 1.82) is 0 Å². The molecule has 1 N–H and O–H groups in total. The van der Waals surface area contributed by atoms with Gasteiger partial charge in [0.2, 0.25) is 6.29 Å². The molecule has 0 saturated carbocycles. The van der Waals surface area contributed by atoms with E-state index in [1.165, 1.54) is 0 Å². The topological polar surface area (TPSA) is 74.2 Å². The molecule has 3 rings (SSSR count). The molecule has 0 spiro atoms. The van der Waals surface area contributed by atoms with Crippen molar-refractivity contribution >= 4 is 5.97 Å². The molecule has 6 heteroatoms. The van der Waals surface area contributed by atoms with Crippen molar-refractivity contribution in [3.63, 3.8) is 0 Å². The van der Waals surface area contributed by atoms with Crippen molar-refractivity contribution in [1.82, 2.24) is 0 Å². The molecule has 0 aromatic heterocycles. The van der Waals surface area contributed by atoms with E-state index in [4.69, 9.17) is 18.9 Å². The van der Waals surface area contributed by atoms with Crippen molar-refractivity contribution in [2.45, 2.75) is 38.4 Å². The van der Waals surface area contributed by atoms with Crippen LogP contribution in [0.5, 0.6) is 0 Å². The molecule has 4 bridgehead atoms. The van der Waals surface area contributed by atoms with E-state index >= 15 is 0 Å². The summed E-state index contributed by atoms with van der Waals surface area (Å²) in [7, 11) is 0. The van der Waals surface area contributed by atoms with Crippen molar-refractivity contribution in [2.75, 3.05) is 13.2 Å². The lowest BCUT2D eigenvalue weighted by atomic mass is 9.82. The van der Waals surface area contributed by atoms with Crippen LogP contribution in [0.2, 0.25) is 0 Å². The third-order valence-corrected chi connectivity index (χ3v) is 3.61. The lowest BCUT2D eigenvalue weighted by Crippen LogP contribution is -2.55. The zero-order valence-electron chi connectivity index (χ0n) is 10.3. The van der Waals surface area contributed by atoms with Crippen molar-refractivity contribution in [3.05, 3.63) is 11.3 Å². The number of aliphatic hydroxyl groups is 1. The Balaban J connectivity index is 1.97. The average Bonchev–Trinajstić information content (AvgIpc) is 2.73. The molecule has 3 aliphatic heterocycles. The lowest BCUT2D eigenvalue weighted by Gasteiger charge is -2.44. The van der Waals surface area contributed by atoms with E-state index in [1.807, 2.05) is 0 Å². The Bertz CT molecular complexity index is 417. The molecular formula is C12H16O6. The number of fused-ring (bicyclic) bond motifs is 6. The molecule has 6 nitrogen and oxygen atoms in total. The molecule has 0 unspecified atom stereocenters. The first-order chi connectivity index (χ1) is 8.55. The summed E-state index contributed by atoms with van der Waals surface area (Å²) in [5, 5.41) is 10.3. The summed E-state index contributed by atoms with van der Waals surface area (Å²) in [4.78, 5) is 11.9. The second-order valence-corrected chi connectivity index (χ2v) is 4.79. The van der Waals surface area contributed by atoms with Crippen molar-refractivity contribution < 1.29 is 28.8 Å². The molecule has 4 atom stereocenters. The summed E-state index contributed by atoms with van der Waals surface area (Å²) in [5.41, 5.74) is 0.454. The van der Waals surface area contributed by atoms with Gasteiger partial charge in [-0.25, -0.2) is 4.79 Å².